The van der Waals surface area contributed by atoms with E-state index in [1.165, 1.54) is 36.6 Å². The van der Waals surface area contributed by atoms with Crippen molar-refractivity contribution >= 4 is 26.3 Å². The van der Waals surface area contributed by atoms with Crippen molar-refractivity contribution in [1.82, 2.24) is 4.98 Å². The highest BCUT2D eigenvalue weighted by molar-refractivity contribution is 7.92. The molecule has 0 saturated carbocycles. The monoisotopic (exact) mass is 232 g/mol. The van der Waals surface area contributed by atoms with Crippen LogP contribution in [0.1, 0.15) is 12.8 Å². The van der Waals surface area contributed by atoms with E-state index in [0.29, 0.717) is 4.21 Å². The Morgan fingerprint density at radius 1 is 1.43 bits per heavy atom. The average molecular weight is 232 g/mol. The van der Waals surface area contributed by atoms with Gasteiger partial charge in [-0.05, 0) is 12.8 Å². The summed E-state index contributed by atoms with van der Waals surface area (Å²) in [5, 5.41) is 0.836. The Labute approximate surface area is 87.5 Å². The molecular formula is C8H12N2O2S2. The Morgan fingerprint density at radius 3 is 2.57 bits per heavy atom. The third-order valence-electron chi connectivity index (χ3n) is 2.21. The van der Waals surface area contributed by atoms with Gasteiger partial charge in [0.2, 0.25) is 0 Å². The van der Waals surface area contributed by atoms with Crippen LogP contribution in [0.25, 0.3) is 0 Å². The number of hydrogen-bond acceptors (Lipinski definition) is 5. The number of sulfone groups is 1. The quantitative estimate of drug-likeness (QED) is 0.767. The Morgan fingerprint density at radius 2 is 2.07 bits per heavy atom. The van der Waals surface area contributed by atoms with Crippen LogP contribution in [0.3, 0.4) is 0 Å². The van der Waals surface area contributed by atoms with Gasteiger partial charge in [-0.15, -0.1) is 0 Å². The maximum atomic E-state index is 11.2. The van der Waals surface area contributed by atoms with Crippen molar-refractivity contribution in [3.63, 3.8) is 0 Å². The average Bonchev–Trinajstić information content (AvgIpc) is 2.73. The van der Waals surface area contributed by atoms with E-state index in [9.17, 15) is 8.42 Å². The van der Waals surface area contributed by atoms with Crippen LogP contribution in [0.15, 0.2) is 10.4 Å². The minimum atomic E-state index is -3.08. The molecule has 0 radical (unpaired) electrons. The van der Waals surface area contributed by atoms with E-state index in [0.717, 1.165) is 18.2 Å². The smallest absolute Gasteiger partial charge is 0.186 e. The highest BCUT2D eigenvalue weighted by Gasteiger charge is 2.18. The lowest BCUT2D eigenvalue weighted by Crippen LogP contribution is -2.16. The lowest BCUT2D eigenvalue weighted by Gasteiger charge is -2.11. The van der Waals surface area contributed by atoms with E-state index in [1.807, 2.05) is 0 Å². The number of thiazole rings is 1. The van der Waals surface area contributed by atoms with E-state index in [1.54, 1.807) is 0 Å². The van der Waals surface area contributed by atoms with Gasteiger partial charge < -0.3 is 4.90 Å². The van der Waals surface area contributed by atoms with Gasteiger partial charge in [0.25, 0.3) is 0 Å². The van der Waals surface area contributed by atoms with Crippen LogP contribution >= 0.6 is 11.3 Å². The molecule has 0 bridgehead atoms. The summed E-state index contributed by atoms with van der Waals surface area (Å²) in [6.45, 7) is 1.99. The van der Waals surface area contributed by atoms with Crippen molar-refractivity contribution in [2.24, 2.45) is 0 Å². The van der Waals surface area contributed by atoms with Crippen LogP contribution in [0, 0.1) is 0 Å². The van der Waals surface area contributed by atoms with Crippen molar-refractivity contribution < 1.29 is 8.42 Å². The molecule has 1 saturated heterocycles. The second-order valence-corrected chi connectivity index (χ2v) is 6.68. The van der Waals surface area contributed by atoms with Gasteiger partial charge in [0.15, 0.2) is 15.0 Å². The van der Waals surface area contributed by atoms with Gasteiger partial charge >= 0.3 is 0 Å². The molecule has 0 aromatic carbocycles. The molecule has 1 fully saturated rings. The Kier molecular flexibility index (Phi) is 2.48. The highest BCUT2D eigenvalue weighted by Crippen LogP contribution is 2.28. The van der Waals surface area contributed by atoms with Gasteiger partial charge in [0.05, 0.1) is 6.20 Å². The molecule has 0 unspecified atom stereocenters. The van der Waals surface area contributed by atoms with Crippen molar-refractivity contribution in [1.29, 1.82) is 0 Å². The maximum absolute atomic E-state index is 11.2. The first-order valence-electron chi connectivity index (χ1n) is 4.48. The number of nitrogens with zero attached hydrogens (tertiary/aromatic N) is 2. The van der Waals surface area contributed by atoms with Gasteiger partial charge in [0.1, 0.15) is 4.21 Å². The van der Waals surface area contributed by atoms with Crippen LogP contribution in [0.4, 0.5) is 5.13 Å². The van der Waals surface area contributed by atoms with E-state index in [-0.39, 0.29) is 0 Å². The lowest BCUT2D eigenvalue weighted by atomic mass is 10.4. The molecule has 6 heteroatoms. The van der Waals surface area contributed by atoms with Gasteiger partial charge in [-0.2, -0.15) is 0 Å². The Balaban J connectivity index is 2.25. The zero-order valence-electron chi connectivity index (χ0n) is 7.93. The molecule has 0 amide bonds. The van der Waals surface area contributed by atoms with E-state index >= 15 is 0 Å². The second kappa shape index (κ2) is 3.51. The summed E-state index contributed by atoms with van der Waals surface area (Å²) >= 11 is 1.26. The third kappa shape index (κ3) is 1.90. The molecule has 1 aliphatic heterocycles. The molecular weight excluding hydrogens is 220 g/mol. The standard InChI is InChI=1S/C8H12N2O2S2/c1-14(11,12)7-6-9-8(13-7)10-4-2-3-5-10/h6H,2-5H2,1H3. The second-order valence-electron chi connectivity index (χ2n) is 3.43. The number of anilines is 1. The van der Waals surface area contributed by atoms with Crippen LogP contribution in [0.5, 0.6) is 0 Å². The van der Waals surface area contributed by atoms with Crippen LogP contribution in [0.2, 0.25) is 0 Å². The molecule has 1 aromatic rings. The van der Waals surface area contributed by atoms with Crippen LogP contribution in [-0.4, -0.2) is 32.7 Å². The maximum Gasteiger partial charge on any atom is 0.186 e. The Bertz CT molecular complexity index is 418. The van der Waals surface area contributed by atoms with E-state index in [4.69, 9.17) is 0 Å². The molecule has 0 spiro atoms. The van der Waals surface area contributed by atoms with Crippen molar-refractivity contribution in [2.45, 2.75) is 17.1 Å². The van der Waals surface area contributed by atoms with Crippen molar-refractivity contribution in [2.75, 3.05) is 24.2 Å². The summed E-state index contributed by atoms with van der Waals surface area (Å²) in [6.07, 6.45) is 5.02. The van der Waals surface area contributed by atoms with Gasteiger partial charge in [0, 0.05) is 19.3 Å². The minimum absolute atomic E-state index is 0.361. The molecule has 2 heterocycles. The number of hydrogen-bond donors (Lipinski definition) is 0. The first-order valence-corrected chi connectivity index (χ1v) is 7.19. The fourth-order valence-electron chi connectivity index (χ4n) is 1.48. The molecule has 4 nitrogen and oxygen atoms in total. The summed E-state index contributed by atoms with van der Waals surface area (Å²) in [6, 6.07) is 0. The molecule has 78 valence electrons. The topological polar surface area (TPSA) is 50.3 Å². The SMILES string of the molecule is CS(=O)(=O)c1cnc(N2CCCC2)s1. The molecule has 14 heavy (non-hydrogen) atoms. The Hall–Kier alpha value is -0.620. The molecule has 0 aliphatic carbocycles. The zero-order chi connectivity index (χ0) is 10.2. The van der Waals surface area contributed by atoms with Gasteiger partial charge in [-0.3, -0.25) is 0 Å². The predicted molar refractivity (Wildman–Crippen MR) is 56.7 cm³/mol. The van der Waals surface area contributed by atoms with Gasteiger partial charge in [-0.1, -0.05) is 11.3 Å². The molecule has 0 N–H and O–H groups in total. The number of rotatable bonds is 2. The summed E-state index contributed by atoms with van der Waals surface area (Å²) in [7, 11) is -3.08. The molecule has 2 rings (SSSR count). The highest BCUT2D eigenvalue weighted by atomic mass is 32.2. The first kappa shape index (κ1) is 9.92. The fourth-order valence-corrected chi connectivity index (χ4v) is 3.25. The molecule has 1 aliphatic rings. The van der Waals surface area contributed by atoms with Crippen molar-refractivity contribution in [3.05, 3.63) is 6.20 Å². The van der Waals surface area contributed by atoms with E-state index < -0.39 is 9.84 Å². The largest absolute Gasteiger partial charge is 0.348 e. The summed E-state index contributed by atoms with van der Waals surface area (Å²) in [4.78, 5) is 6.27. The van der Waals surface area contributed by atoms with Crippen LogP contribution in [-0.2, 0) is 9.84 Å². The molecule has 0 atom stereocenters. The minimum Gasteiger partial charge on any atom is -0.348 e. The van der Waals surface area contributed by atoms with Crippen LogP contribution < -0.4 is 4.90 Å². The van der Waals surface area contributed by atoms with Crippen molar-refractivity contribution in [3.8, 4) is 0 Å². The normalized spacial score (nSPS) is 17.6. The number of aromatic nitrogens is 1. The lowest BCUT2D eigenvalue weighted by molar-refractivity contribution is 0.603. The summed E-state index contributed by atoms with van der Waals surface area (Å²) in [5.74, 6) is 0. The fraction of sp³-hybridized carbons (Fsp3) is 0.625. The zero-order valence-corrected chi connectivity index (χ0v) is 9.57. The molecule has 1 aromatic heterocycles. The summed E-state index contributed by atoms with van der Waals surface area (Å²) in [5.41, 5.74) is 0. The first-order chi connectivity index (χ1) is 6.57. The third-order valence-corrected chi connectivity index (χ3v) is 5.06. The summed E-state index contributed by atoms with van der Waals surface area (Å²) < 4.78 is 22.8. The predicted octanol–water partition coefficient (Wildman–Crippen LogP) is 1.15. The van der Waals surface area contributed by atoms with Gasteiger partial charge in [-0.25, -0.2) is 13.4 Å². The van der Waals surface area contributed by atoms with E-state index in [2.05, 4.69) is 9.88 Å².